The fourth-order valence-electron chi connectivity index (χ4n) is 5.19. The standard InChI is InChI=1S/C28H48O3/c1-3-5-6-8-13-24(26-20-21-26)16-12-18-25-17-11-15-23(25)14-9-7-10-19-27(30)28(31,4-2)22-29/h4,7,9,12,18,23-27,29-31H,2-3,5-6,8,10-11,13-17,19-22H2,1H3/b9-7-,18-12+/t23-,24-,25+,27?,28?/m0/s1. The first-order valence-corrected chi connectivity index (χ1v) is 13.0. The molecule has 0 amide bonds. The molecule has 0 aromatic carbocycles. The highest BCUT2D eigenvalue weighted by molar-refractivity contribution is 5.02. The Morgan fingerprint density at radius 1 is 1.03 bits per heavy atom. The Labute approximate surface area is 191 Å². The van der Waals surface area contributed by atoms with E-state index in [1.807, 2.05) is 0 Å². The maximum atomic E-state index is 10.1. The van der Waals surface area contributed by atoms with Crippen molar-refractivity contribution >= 4 is 0 Å². The van der Waals surface area contributed by atoms with Crippen molar-refractivity contribution in [2.75, 3.05) is 6.61 Å². The van der Waals surface area contributed by atoms with Crippen molar-refractivity contribution in [2.24, 2.45) is 23.7 Å². The second-order valence-corrected chi connectivity index (χ2v) is 10.1. The number of allylic oxidation sites excluding steroid dienone is 4. The third kappa shape index (κ3) is 9.24. The van der Waals surface area contributed by atoms with Crippen LogP contribution in [0.25, 0.3) is 0 Å². The van der Waals surface area contributed by atoms with Crippen molar-refractivity contribution in [3.05, 3.63) is 37.0 Å². The largest absolute Gasteiger partial charge is 0.393 e. The van der Waals surface area contributed by atoms with Gasteiger partial charge in [-0.05, 0) is 81.5 Å². The molecule has 0 aromatic heterocycles. The van der Waals surface area contributed by atoms with Crippen LogP contribution in [0.2, 0.25) is 0 Å². The summed E-state index contributed by atoms with van der Waals surface area (Å²) in [5.41, 5.74) is -1.59. The van der Waals surface area contributed by atoms with Crippen molar-refractivity contribution < 1.29 is 15.3 Å². The average molecular weight is 433 g/mol. The van der Waals surface area contributed by atoms with E-state index in [0.29, 0.717) is 12.8 Å². The minimum absolute atomic E-state index is 0.425. The van der Waals surface area contributed by atoms with Crippen LogP contribution in [0.15, 0.2) is 37.0 Å². The van der Waals surface area contributed by atoms with Crippen LogP contribution in [0.1, 0.15) is 96.8 Å². The van der Waals surface area contributed by atoms with Crippen molar-refractivity contribution in [3.63, 3.8) is 0 Å². The zero-order valence-corrected chi connectivity index (χ0v) is 19.9. The Bertz CT molecular complexity index is 550. The molecule has 0 aromatic rings. The van der Waals surface area contributed by atoms with Gasteiger partial charge in [0.15, 0.2) is 0 Å². The third-order valence-electron chi connectivity index (χ3n) is 7.65. The van der Waals surface area contributed by atoms with Gasteiger partial charge in [-0.25, -0.2) is 0 Å². The van der Waals surface area contributed by atoms with E-state index in [2.05, 4.69) is 37.8 Å². The number of hydrogen-bond acceptors (Lipinski definition) is 3. The fourth-order valence-corrected chi connectivity index (χ4v) is 5.19. The summed E-state index contributed by atoms with van der Waals surface area (Å²) in [6, 6.07) is 0. The number of unbranched alkanes of at least 4 members (excludes halogenated alkanes) is 3. The van der Waals surface area contributed by atoms with Crippen LogP contribution in [0.4, 0.5) is 0 Å². The number of aliphatic hydroxyl groups excluding tert-OH is 2. The molecule has 2 aliphatic carbocycles. The van der Waals surface area contributed by atoms with Gasteiger partial charge in [-0.2, -0.15) is 0 Å². The molecule has 3 heteroatoms. The topological polar surface area (TPSA) is 60.7 Å². The molecular weight excluding hydrogens is 384 g/mol. The molecule has 2 unspecified atom stereocenters. The second-order valence-electron chi connectivity index (χ2n) is 10.1. The summed E-state index contributed by atoms with van der Waals surface area (Å²) < 4.78 is 0. The Morgan fingerprint density at radius 2 is 1.84 bits per heavy atom. The van der Waals surface area contributed by atoms with E-state index in [9.17, 15) is 15.3 Å². The van der Waals surface area contributed by atoms with Gasteiger partial charge in [0, 0.05) is 0 Å². The van der Waals surface area contributed by atoms with E-state index < -0.39 is 18.3 Å². The summed E-state index contributed by atoms with van der Waals surface area (Å²) in [5, 5.41) is 29.3. The lowest BCUT2D eigenvalue weighted by Crippen LogP contribution is -2.43. The van der Waals surface area contributed by atoms with Gasteiger partial charge in [0.1, 0.15) is 5.60 Å². The van der Waals surface area contributed by atoms with Crippen LogP contribution >= 0.6 is 0 Å². The van der Waals surface area contributed by atoms with Crippen molar-refractivity contribution in [1.29, 1.82) is 0 Å². The maximum absolute atomic E-state index is 10.1. The van der Waals surface area contributed by atoms with Gasteiger partial charge < -0.3 is 15.3 Å². The van der Waals surface area contributed by atoms with Gasteiger partial charge in [-0.15, -0.1) is 6.58 Å². The predicted octanol–water partition coefficient (Wildman–Crippen LogP) is 6.34. The van der Waals surface area contributed by atoms with Crippen molar-refractivity contribution in [1.82, 2.24) is 0 Å². The quantitative estimate of drug-likeness (QED) is 0.186. The van der Waals surface area contributed by atoms with E-state index in [-0.39, 0.29) is 0 Å². The number of rotatable bonds is 17. The van der Waals surface area contributed by atoms with E-state index in [0.717, 1.165) is 30.1 Å². The lowest BCUT2D eigenvalue weighted by molar-refractivity contribution is -0.0731. The van der Waals surface area contributed by atoms with Gasteiger partial charge >= 0.3 is 0 Å². The summed E-state index contributed by atoms with van der Waals surface area (Å²) in [4.78, 5) is 0. The SMILES string of the molecule is C=CC(O)(CO)C(O)CC/C=C\C[C@H]1CCC[C@@H]1/C=C/C[C@H](CCCCCC)C1CC1. The summed E-state index contributed by atoms with van der Waals surface area (Å²) >= 11 is 0. The Kier molecular flexibility index (Phi) is 12.1. The summed E-state index contributed by atoms with van der Waals surface area (Å²) in [7, 11) is 0. The molecule has 0 aliphatic heterocycles. The maximum Gasteiger partial charge on any atom is 0.131 e. The average Bonchev–Trinajstić information content (AvgIpc) is 3.54. The van der Waals surface area contributed by atoms with Crippen LogP contribution in [0.5, 0.6) is 0 Å². The van der Waals surface area contributed by atoms with Gasteiger partial charge in [-0.1, -0.05) is 69.4 Å². The van der Waals surface area contributed by atoms with Crippen molar-refractivity contribution in [3.8, 4) is 0 Å². The fraction of sp³-hybridized carbons (Fsp3) is 0.786. The van der Waals surface area contributed by atoms with Crippen LogP contribution in [0, 0.1) is 23.7 Å². The molecule has 31 heavy (non-hydrogen) atoms. The molecule has 0 heterocycles. The lowest BCUT2D eigenvalue weighted by atomic mass is 9.89. The Morgan fingerprint density at radius 3 is 2.52 bits per heavy atom. The lowest BCUT2D eigenvalue weighted by Gasteiger charge is -2.27. The van der Waals surface area contributed by atoms with Gasteiger partial charge in [0.2, 0.25) is 0 Å². The molecular formula is C28H48O3. The van der Waals surface area contributed by atoms with Crippen LogP contribution in [-0.2, 0) is 0 Å². The van der Waals surface area contributed by atoms with E-state index in [1.54, 1.807) is 0 Å². The molecule has 0 spiro atoms. The summed E-state index contributed by atoms with van der Waals surface area (Å²) in [6.45, 7) is 5.29. The number of aliphatic hydroxyl groups is 3. The first kappa shape index (κ1) is 26.4. The number of hydrogen-bond donors (Lipinski definition) is 3. The molecule has 178 valence electrons. The highest BCUT2D eigenvalue weighted by Gasteiger charge is 2.31. The van der Waals surface area contributed by atoms with E-state index in [4.69, 9.17) is 0 Å². The van der Waals surface area contributed by atoms with E-state index >= 15 is 0 Å². The monoisotopic (exact) mass is 432 g/mol. The smallest absolute Gasteiger partial charge is 0.131 e. The molecule has 2 saturated carbocycles. The van der Waals surface area contributed by atoms with Gasteiger partial charge in [0.05, 0.1) is 12.7 Å². The molecule has 5 atom stereocenters. The second kappa shape index (κ2) is 14.3. The molecule has 2 fully saturated rings. The predicted molar refractivity (Wildman–Crippen MR) is 131 cm³/mol. The zero-order chi connectivity index (χ0) is 22.5. The van der Waals surface area contributed by atoms with Crippen molar-refractivity contribution in [2.45, 2.75) is 109 Å². The molecule has 3 N–H and O–H groups in total. The first-order valence-electron chi connectivity index (χ1n) is 13.0. The highest BCUT2D eigenvalue weighted by Crippen LogP contribution is 2.42. The molecule has 3 nitrogen and oxygen atoms in total. The normalized spacial score (nSPS) is 25.8. The minimum atomic E-state index is -1.59. The molecule has 0 bridgehead atoms. The Balaban J connectivity index is 1.69. The van der Waals surface area contributed by atoms with Crippen LogP contribution < -0.4 is 0 Å². The van der Waals surface area contributed by atoms with E-state index in [1.165, 1.54) is 76.7 Å². The third-order valence-corrected chi connectivity index (χ3v) is 7.65. The van der Waals surface area contributed by atoms with Crippen LogP contribution in [-0.4, -0.2) is 33.6 Å². The molecule has 2 aliphatic rings. The summed E-state index contributed by atoms with van der Waals surface area (Å²) in [6.07, 6.45) is 27.0. The van der Waals surface area contributed by atoms with Gasteiger partial charge in [0.25, 0.3) is 0 Å². The Hall–Kier alpha value is -0.900. The molecule has 0 radical (unpaired) electrons. The first-order chi connectivity index (χ1) is 15.0. The molecule has 2 rings (SSSR count). The highest BCUT2D eigenvalue weighted by atomic mass is 16.4. The van der Waals surface area contributed by atoms with Gasteiger partial charge in [-0.3, -0.25) is 0 Å². The summed E-state index contributed by atoms with van der Waals surface area (Å²) in [5.74, 6) is 3.39. The molecule has 0 saturated heterocycles. The minimum Gasteiger partial charge on any atom is -0.393 e. The van der Waals surface area contributed by atoms with Crippen LogP contribution in [0.3, 0.4) is 0 Å². The zero-order valence-electron chi connectivity index (χ0n) is 19.9.